The number of thioether (sulfide) groups is 1. The molecule has 1 heterocycles. The van der Waals surface area contributed by atoms with Gasteiger partial charge in [-0.05, 0) is 36.8 Å². The molecule has 0 bridgehead atoms. The monoisotopic (exact) mass is 337 g/mol. The van der Waals surface area contributed by atoms with Crippen LogP contribution in [0.4, 0.5) is 4.39 Å². The molecule has 3 nitrogen and oxygen atoms in total. The Kier molecular flexibility index (Phi) is 5.34. The summed E-state index contributed by atoms with van der Waals surface area (Å²) < 4.78 is 40.7. The fraction of sp³-hybridized carbons (Fsp3) is 0.538. The van der Waals surface area contributed by atoms with Crippen molar-refractivity contribution in [2.75, 3.05) is 24.6 Å². The Morgan fingerprint density at radius 3 is 2.80 bits per heavy atom. The van der Waals surface area contributed by atoms with E-state index in [-0.39, 0.29) is 16.3 Å². The van der Waals surface area contributed by atoms with E-state index in [9.17, 15) is 12.8 Å². The van der Waals surface area contributed by atoms with Gasteiger partial charge in [-0.2, -0.15) is 16.1 Å². The Bertz CT molecular complexity index is 584. The normalized spacial score (nSPS) is 17.9. The second-order valence-electron chi connectivity index (χ2n) is 4.70. The number of rotatable bonds is 3. The van der Waals surface area contributed by atoms with Crippen molar-refractivity contribution in [1.82, 2.24) is 4.31 Å². The number of alkyl halides is 1. The molecule has 0 saturated carbocycles. The molecule has 2 rings (SSSR count). The third kappa shape index (κ3) is 3.30. The van der Waals surface area contributed by atoms with Gasteiger partial charge in [0.2, 0.25) is 10.0 Å². The molecule has 1 aliphatic rings. The smallest absolute Gasteiger partial charge is 0.207 e. The minimum absolute atomic E-state index is 0.0417. The lowest BCUT2D eigenvalue weighted by Crippen LogP contribution is -2.33. The lowest BCUT2D eigenvalue weighted by Gasteiger charge is -2.21. The quantitative estimate of drug-likeness (QED) is 0.796. The van der Waals surface area contributed by atoms with Crippen LogP contribution in [0.25, 0.3) is 0 Å². The van der Waals surface area contributed by atoms with Crippen LogP contribution in [0.2, 0.25) is 0 Å². The molecular weight excluding hydrogens is 321 g/mol. The summed E-state index contributed by atoms with van der Waals surface area (Å²) in [7, 11) is -3.65. The highest BCUT2D eigenvalue weighted by molar-refractivity contribution is 7.99. The molecule has 1 aromatic carbocycles. The molecule has 0 spiro atoms. The number of hydrogen-bond acceptors (Lipinski definition) is 3. The first-order valence-corrected chi connectivity index (χ1v) is 9.52. The first-order valence-electron chi connectivity index (χ1n) is 6.39. The standard InChI is InChI=1S/C13H17ClFNO2S2/c1-10-12(15)7-11(9-14)8-13(10)20(17,18)16-3-2-5-19-6-4-16/h7-8H,2-6,9H2,1H3. The summed E-state index contributed by atoms with van der Waals surface area (Å²) in [6, 6.07) is 2.78. The molecular formula is C13H17ClFNO2S2. The van der Waals surface area contributed by atoms with E-state index in [1.54, 1.807) is 11.8 Å². The lowest BCUT2D eigenvalue weighted by atomic mass is 10.1. The fourth-order valence-electron chi connectivity index (χ4n) is 2.15. The summed E-state index contributed by atoms with van der Waals surface area (Å²) in [5, 5.41) is 0. The summed E-state index contributed by atoms with van der Waals surface area (Å²) in [6.07, 6.45) is 0.820. The first kappa shape index (κ1) is 16.1. The van der Waals surface area contributed by atoms with Gasteiger partial charge in [0.15, 0.2) is 0 Å². The van der Waals surface area contributed by atoms with Crippen molar-refractivity contribution in [1.29, 1.82) is 0 Å². The van der Waals surface area contributed by atoms with Gasteiger partial charge in [0.1, 0.15) is 5.82 Å². The van der Waals surface area contributed by atoms with Crippen LogP contribution in [-0.2, 0) is 15.9 Å². The van der Waals surface area contributed by atoms with Crippen LogP contribution in [0.1, 0.15) is 17.5 Å². The van der Waals surface area contributed by atoms with Crippen molar-refractivity contribution in [2.24, 2.45) is 0 Å². The van der Waals surface area contributed by atoms with Gasteiger partial charge in [-0.25, -0.2) is 12.8 Å². The maximum absolute atomic E-state index is 13.9. The zero-order chi connectivity index (χ0) is 14.8. The summed E-state index contributed by atoms with van der Waals surface area (Å²) in [6.45, 7) is 2.45. The molecule has 1 saturated heterocycles. The molecule has 1 fully saturated rings. The SMILES string of the molecule is Cc1c(F)cc(CCl)cc1S(=O)(=O)N1CCCSCC1. The predicted molar refractivity (Wildman–Crippen MR) is 81.4 cm³/mol. The fourth-order valence-corrected chi connectivity index (χ4v) is 5.08. The van der Waals surface area contributed by atoms with Crippen LogP contribution in [-0.4, -0.2) is 37.3 Å². The maximum atomic E-state index is 13.9. The average molecular weight is 338 g/mol. The van der Waals surface area contributed by atoms with Crippen molar-refractivity contribution in [3.8, 4) is 0 Å². The highest BCUT2D eigenvalue weighted by Crippen LogP contribution is 2.26. The van der Waals surface area contributed by atoms with Gasteiger partial charge >= 0.3 is 0 Å². The minimum atomic E-state index is -3.65. The van der Waals surface area contributed by atoms with Gasteiger partial charge in [-0.1, -0.05) is 0 Å². The zero-order valence-corrected chi connectivity index (χ0v) is 13.6. The lowest BCUT2D eigenvalue weighted by molar-refractivity contribution is 0.434. The average Bonchev–Trinajstić information content (AvgIpc) is 2.70. The number of sulfonamides is 1. The van der Waals surface area contributed by atoms with E-state index in [0.717, 1.165) is 17.9 Å². The third-order valence-electron chi connectivity index (χ3n) is 3.31. The second kappa shape index (κ2) is 6.64. The van der Waals surface area contributed by atoms with Crippen LogP contribution in [0, 0.1) is 12.7 Å². The molecule has 0 aliphatic carbocycles. The Hall–Kier alpha value is -0.300. The van der Waals surface area contributed by atoms with Crippen LogP contribution >= 0.6 is 23.4 Å². The molecule has 0 N–H and O–H groups in total. The van der Waals surface area contributed by atoms with E-state index < -0.39 is 15.8 Å². The summed E-state index contributed by atoms with van der Waals surface area (Å²) in [5.41, 5.74) is 0.647. The molecule has 7 heteroatoms. The van der Waals surface area contributed by atoms with Gasteiger partial charge in [-0.15, -0.1) is 11.6 Å². The van der Waals surface area contributed by atoms with Crippen molar-refractivity contribution in [2.45, 2.75) is 24.1 Å². The van der Waals surface area contributed by atoms with E-state index in [2.05, 4.69) is 0 Å². The molecule has 0 aromatic heterocycles. The second-order valence-corrected chi connectivity index (χ2v) is 8.10. The molecule has 0 atom stereocenters. The Morgan fingerprint density at radius 1 is 1.35 bits per heavy atom. The number of hydrogen-bond donors (Lipinski definition) is 0. The summed E-state index contributed by atoms with van der Waals surface area (Å²) in [5.74, 6) is 1.30. The van der Waals surface area contributed by atoms with E-state index in [1.165, 1.54) is 23.4 Å². The van der Waals surface area contributed by atoms with Crippen molar-refractivity contribution < 1.29 is 12.8 Å². The molecule has 1 aromatic rings. The Balaban J connectivity index is 2.45. The summed E-state index contributed by atoms with van der Waals surface area (Å²) >= 11 is 7.45. The molecule has 0 amide bonds. The number of benzene rings is 1. The van der Waals surface area contributed by atoms with Gasteiger partial charge in [0, 0.05) is 30.3 Å². The summed E-state index contributed by atoms with van der Waals surface area (Å²) in [4.78, 5) is 0.0417. The topological polar surface area (TPSA) is 37.4 Å². The van der Waals surface area contributed by atoms with Crippen molar-refractivity contribution in [3.05, 3.63) is 29.1 Å². The van der Waals surface area contributed by atoms with Crippen LogP contribution in [0.5, 0.6) is 0 Å². The largest absolute Gasteiger partial charge is 0.243 e. The van der Waals surface area contributed by atoms with Crippen LogP contribution in [0.3, 0.4) is 0 Å². The van der Waals surface area contributed by atoms with Crippen LogP contribution in [0.15, 0.2) is 17.0 Å². The third-order valence-corrected chi connectivity index (χ3v) is 6.69. The zero-order valence-electron chi connectivity index (χ0n) is 11.2. The number of nitrogens with zero attached hydrogens (tertiary/aromatic N) is 1. The van der Waals surface area contributed by atoms with E-state index in [0.29, 0.717) is 18.7 Å². The molecule has 1 aliphatic heterocycles. The van der Waals surface area contributed by atoms with Gasteiger partial charge in [-0.3, -0.25) is 0 Å². The Morgan fingerprint density at radius 2 is 2.10 bits per heavy atom. The number of halogens is 2. The Labute approximate surface area is 128 Å². The van der Waals surface area contributed by atoms with Gasteiger partial charge in [0.05, 0.1) is 4.90 Å². The molecule has 0 radical (unpaired) electrons. The first-order chi connectivity index (χ1) is 9.46. The van der Waals surface area contributed by atoms with E-state index in [4.69, 9.17) is 11.6 Å². The van der Waals surface area contributed by atoms with Crippen molar-refractivity contribution >= 4 is 33.4 Å². The molecule has 20 heavy (non-hydrogen) atoms. The van der Waals surface area contributed by atoms with Crippen molar-refractivity contribution in [3.63, 3.8) is 0 Å². The minimum Gasteiger partial charge on any atom is -0.207 e. The van der Waals surface area contributed by atoms with E-state index in [1.807, 2.05) is 0 Å². The predicted octanol–water partition coefficient (Wildman–Crippen LogP) is 3.00. The van der Waals surface area contributed by atoms with Gasteiger partial charge in [0.25, 0.3) is 0 Å². The highest BCUT2D eigenvalue weighted by Gasteiger charge is 2.28. The molecule has 112 valence electrons. The molecule has 0 unspecified atom stereocenters. The van der Waals surface area contributed by atoms with Gasteiger partial charge < -0.3 is 0 Å². The highest BCUT2D eigenvalue weighted by atomic mass is 35.5. The van der Waals surface area contributed by atoms with E-state index >= 15 is 0 Å². The maximum Gasteiger partial charge on any atom is 0.243 e. The van der Waals surface area contributed by atoms with Crippen LogP contribution < -0.4 is 0 Å².